The molecule has 0 fully saturated rings. The Morgan fingerprint density at radius 3 is 2.73 bits per heavy atom. The molecule has 2 rings (SSSR count). The van der Waals surface area contributed by atoms with Crippen molar-refractivity contribution in [3.8, 4) is 11.5 Å². The molecule has 5 heteroatoms. The Kier molecular flexibility index (Phi) is 3.80. The van der Waals surface area contributed by atoms with Crippen molar-refractivity contribution in [3.63, 3.8) is 0 Å². The summed E-state index contributed by atoms with van der Waals surface area (Å²) < 4.78 is 5.49. The molecule has 0 amide bonds. The fourth-order valence-electron chi connectivity index (χ4n) is 1.09. The van der Waals surface area contributed by atoms with Gasteiger partial charge in [-0.25, -0.2) is 0 Å². The SMILES string of the molecule is BrCCSc1nnc(-c2ccccc2)o1. The molecular weight excluding hydrogens is 276 g/mol. The summed E-state index contributed by atoms with van der Waals surface area (Å²) in [6, 6.07) is 9.76. The third-order valence-corrected chi connectivity index (χ3v) is 3.47. The van der Waals surface area contributed by atoms with Crippen LogP contribution in [0.3, 0.4) is 0 Å². The zero-order chi connectivity index (χ0) is 10.5. The molecule has 0 bridgehead atoms. The van der Waals surface area contributed by atoms with Crippen LogP contribution in [0.25, 0.3) is 11.5 Å². The Morgan fingerprint density at radius 1 is 1.20 bits per heavy atom. The Bertz CT molecular complexity index is 418. The van der Waals surface area contributed by atoms with E-state index in [4.69, 9.17) is 4.42 Å². The fourth-order valence-corrected chi connectivity index (χ4v) is 2.07. The summed E-state index contributed by atoms with van der Waals surface area (Å²) in [7, 11) is 0. The lowest BCUT2D eigenvalue weighted by atomic mass is 10.2. The normalized spacial score (nSPS) is 10.5. The van der Waals surface area contributed by atoms with Gasteiger partial charge in [-0.15, -0.1) is 10.2 Å². The third kappa shape index (κ3) is 2.82. The van der Waals surface area contributed by atoms with Gasteiger partial charge in [0.25, 0.3) is 5.22 Å². The predicted molar refractivity (Wildman–Crippen MR) is 64.3 cm³/mol. The summed E-state index contributed by atoms with van der Waals surface area (Å²) in [5, 5.41) is 9.48. The molecule has 0 N–H and O–H groups in total. The Morgan fingerprint density at radius 2 is 2.00 bits per heavy atom. The predicted octanol–water partition coefficient (Wildman–Crippen LogP) is 3.22. The second kappa shape index (κ2) is 5.32. The molecule has 15 heavy (non-hydrogen) atoms. The first-order valence-electron chi connectivity index (χ1n) is 4.48. The second-order valence-electron chi connectivity index (χ2n) is 2.78. The van der Waals surface area contributed by atoms with E-state index in [1.54, 1.807) is 11.8 Å². The lowest BCUT2D eigenvalue weighted by Crippen LogP contribution is -1.78. The van der Waals surface area contributed by atoms with Crippen molar-refractivity contribution < 1.29 is 4.42 Å². The maximum Gasteiger partial charge on any atom is 0.276 e. The first-order valence-corrected chi connectivity index (χ1v) is 6.58. The number of benzene rings is 1. The Hall–Kier alpha value is -0.810. The van der Waals surface area contributed by atoms with Gasteiger partial charge in [-0.1, -0.05) is 45.9 Å². The van der Waals surface area contributed by atoms with Gasteiger partial charge >= 0.3 is 0 Å². The van der Waals surface area contributed by atoms with E-state index in [9.17, 15) is 0 Å². The molecule has 2 aromatic rings. The molecule has 0 radical (unpaired) electrons. The van der Waals surface area contributed by atoms with Crippen LogP contribution in [-0.4, -0.2) is 21.3 Å². The van der Waals surface area contributed by atoms with E-state index in [-0.39, 0.29) is 0 Å². The number of hydrogen-bond acceptors (Lipinski definition) is 4. The van der Waals surface area contributed by atoms with Gasteiger partial charge in [-0.05, 0) is 12.1 Å². The zero-order valence-corrected chi connectivity index (χ0v) is 10.3. The molecule has 1 aromatic carbocycles. The van der Waals surface area contributed by atoms with Crippen LogP contribution < -0.4 is 0 Å². The lowest BCUT2D eigenvalue weighted by molar-refractivity contribution is 0.466. The number of thioether (sulfide) groups is 1. The highest BCUT2D eigenvalue weighted by atomic mass is 79.9. The van der Waals surface area contributed by atoms with Crippen molar-refractivity contribution in [3.05, 3.63) is 30.3 Å². The lowest BCUT2D eigenvalue weighted by Gasteiger charge is -1.92. The van der Waals surface area contributed by atoms with Crippen molar-refractivity contribution in [2.75, 3.05) is 11.1 Å². The van der Waals surface area contributed by atoms with Gasteiger partial charge in [0.05, 0.1) is 0 Å². The van der Waals surface area contributed by atoms with Crippen LogP contribution >= 0.6 is 27.7 Å². The van der Waals surface area contributed by atoms with Gasteiger partial charge in [0.2, 0.25) is 5.89 Å². The molecular formula is C10H9BrN2OS. The summed E-state index contributed by atoms with van der Waals surface area (Å²) in [6.07, 6.45) is 0. The van der Waals surface area contributed by atoms with Crippen LogP contribution in [-0.2, 0) is 0 Å². The van der Waals surface area contributed by atoms with Gasteiger partial charge in [0.1, 0.15) is 0 Å². The van der Waals surface area contributed by atoms with Gasteiger partial charge in [0.15, 0.2) is 0 Å². The van der Waals surface area contributed by atoms with Gasteiger partial charge in [0, 0.05) is 16.6 Å². The smallest absolute Gasteiger partial charge is 0.276 e. The largest absolute Gasteiger partial charge is 0.411 e. The molecule has 0 atom stereocenters. The summed E-state index contributed by atoms with van der Waals surface area (Å²) in [5.41, 5.74) is 0.954. The van der Waals surface area contributed by atoms with Crippen LogP contribution in [0.4, 0.5) is 0 Å². The summed E-state index contributed by atoms with van der Waals surface area (Å²) in [6.45, 7) is 0. The van der Waals surface area contributed by atoms with E-state index >= 15 is 0 Å². The summed E-state index contributed by atoms with van der Waals surface area (Å²) >= 11 is 4.90. The van der Waals surface area contributed by atoms with Crippen molar-refractivity contribution in [2.24, 2.45) is 0 Å². The first-order chi connectivity index (χ1) is 7.40. The summed E-state index contributed by atoms with van der Waals surface area (Å²) in [4.78, 5) is 0. The van der Waals surface area contributed by atoms with Crippen LogP contribution in [0.2, 0.25) is 0 Å². The number of hydrogen-bond donors (Lipinski definition) is 0. The number of rotatable bonds is 4. The first kappa shape index (κ1) is 10.7. The maximum absolute atomic E-state index is 5.49. The van der Waals surface area contributed by atoms with E-state index in [1.165, 1.54) is 0 Å². The zero-order valence-electron chi connectivity index (χ0n) is 7.89. The molecule has 0 saturated carbocycles. The topological polar surface area (TPSA) is 38.9 Å². The molecule has 0 unspecified atom stereocenters. The second-order valence-corrected chi connectivity index (χ2v) is 4.62. The van der Waals surface area contributed by atoms with Crippen molar-refractivity contribution in [2.45, 2.75) is 5.22 Å². The van der Waals surface area contributed by atoms with Gasteiger partial charge in [-0.3, -0.25) is 0 Å². The van der Waals surface area contributed by atoms with Gasteiger partial charge < -0.3 is 4.42 Å². The van der Waals surface area contributed by atoms with Crippen LogP contribution in [0, 0.1) is 0 Å². The fraction of sp³-hybridized carbons (Fsp3) is 0.200. The van der Waals surface area contributed by atoms with Gasteiger partial charge in [-0.2, -0.15) is 0 Å². The molecule has 1 heterocycles. The minimum absolute atomic E-state index is 0.577. The van der Waals surface area contributed by atoms with Crippen molar-refractivity contribution in [1.82, 2.24) is 10.2 Å². The van der Waals surface area contributed by atoms with Crippen molar-refractivity contribution in [1.29, 1.82) is 0 Å². The van der Waals surface area contributed by atoms with Crippen LogP contribution in [0.15, 0.2) is 40.0 Å². The minimum Gasteiger partial charge on any atom is -0.411 e. The highest BCUT2D eigenvalue weighted by Crippen LogP contribution is 2.22. The molecule has 0 saturated heterocycles. The molecule has 0 aliphatic heterocycles. The van der Waals surface area contributed by atoms with E-state index in [2.05, 4.69) is 26.1 Å². The molecule has 0 spiro atoms. The number of halogens is 1. The average molecular weight is 285 g/mol. The molecule has 1 aromatic heterocycles. The van der Waals surface area contributed by atoms with Crippen LogP contribution in [0.5, 0.6) is 0 Å². The third-order valence-electron chi connectivity index (χ3n) is 1.73. The molecule has 78 valence electrons. The highest BCUT2D eigenvalue weighted by molar-refractivity contribution is 9.09. The van der Waals surface area contributed by atoms with E-state index in [0.717, 1.165) is 16.6 Å². The molecule has 0 aliphatic carbocycles. The number of nitrogens with zero attached hydrogens (tertiary/aromatic N) is 2. The number of aromatic nitrogens is 2. The standard InChI is InChI=1S/C10H9BrN2OS/c11-6-7-15-10-13-12-9(14-10)8-4-2-1-3-5-8/h1-5H,6-7H2. The molecule has 3 nitrogen and oxygen atoms in total. The Labute approximate surface area is 100 Å². The van der Waals surface area contributed by atoms with E-state index in [1.807, 2.05) is 30.3 Å². The van der Waals surface area contributed by atoms with Crippen LogP contribution in [0.1, 0.15) is 0 Å². The maximum atomic E-state index is 5.49. The monoisotopic (exact) mass is 284 g/mol. The highest BCUT2D eigenvalue weighted by Gasteiger charge is 2.07. The summed E-state index contributed by atoms with van der Waals surface area (Å²) in [5.74, 6) is 1.50. The number of alkyl halides is 1. The molecule has 0 aliphatic rings. The Balaban J connectivity index is 2.14. The van der Waals surface area contributed by atoms with E-state index in [0.29, 0.717) is 11.1 Å². The quantitative estimate of drug-likeness (QED) is 0.638. The average Bonchev–Trinajstić information content (AvgIpc) is 2.76. The van der Waals surface area contributed by atoms with E-state index < -0.39 is 0 Å². The minimum atomic E-state index is 0.577. The van der Waals surface area contributed by atoms with Crippen molar-refractivity contribution >= 4 is 27.7 Å².